The van der Waals surface area contributed by atoms with Crippen LogP contribution in [0.4, 0.5) is 30.8 Å². The van der Waals surface area contributed by atoms with Crippen molar-refractivity contribution in [3.05, 3.63) is 46.4 Å². The summed E-state index contributed by atoms with van der Waals surface area (Å²) in [4.78, 5) is 39.9. The van der Waals surface area contributed by atoms with E-state index in [1.807, 2.05) is 20.8 Å². The van der Waals surface area contributed by atoms with Crippen molar-refractivity contribution < 1.29 is 23.1 Å². The number of anilines is 3. The zero-order chi connectivity index (χ0) is 27.8. The van der Waals surface area contributed by atoms with Crippen LogP contribution in [0, 0.1) is 6.92 Å². The number of thiazole rings is 1. The van der Waals surface area contributed by atoms with Crippen LogP contribution >= 0.6 is 11.3 Å². The molecule has 0 aliphatic carbocycles. The number of carbonyl (C=O) groups excluding carboxylic acids is 2. The Kier molecular flexibility index (Phi) is 7.37. The van der Waals surface area contributed by atoms with Gasteiger partial charge in [-0.3, -0.25) is 9.78 Å². The van der Waals surface area contributed by atoms with E-state index in [1.165, 1.54) is 24.3 Å². The molecule has 3 aromatic heterocycles. The van der Waals surface area contributed by atoms with E-state index < -0.39 is 11.5 Å². The number of pyridine rings is 2. The Bertz CT molecular complexity index is 1380. The van der Waals surface area contributed by atoms with E-state index in [1.54, 1.807) is 30.2 Å². The molecule has 0 atom stereocenters. The van der Waals surface area contributed by atoms with E-state index in [9.17, 15) is 18.4 Å². The molecule has 0 saturated heterocycles. The maximum atomic E-state index is 14.0. The topological polar surface area (TPSA) is 109 Å². The number of halogens is 2. The van der Waals surface area contributed by atoms with Crippen molar-refractivity contribution in [2.24, 2.45) is 0 Å². The zero-order valence-corrected chi connectivity index (χ0v) is 22.9. The second-order valence-electron chi connectivity index (χ2n) is 10.2. The van der Waals surface area contributed by atoms with Crippen molar-refractivity contribution in [3.8, 4) is 10.6 Å². The summed E-state index contributed by atoms with van der Waals surface area (Å²) in [6, 6.07) is 4.58. The predicted molar refractivity (Wildman–Crippen MR) is 142 cm³/mol. The van der Waals surface area contributed by atoms with Crippen LogP contribution in [0.25, 0.3) is 10.6 Å². The summed E-state index contributed by atoms with van der Waals surface area (Å²) in [6.07, 6.45) is 1.77. The highest BCUT2D eigenvalue weighted by atomic mass is 32.1. The van der Waals surface area contributed by atoms with Crippen molar-refractivity contribution in [1.29, 1.82) is 0 Å². The smallest absolute Gasteiger partial charge is 0.410 e. The molecule has 1 aliphatic rings. The number of fused-ring (bicyclic) bond motifs is 1. The molecule has 0 spiro atoms. The molecule has 1 aliphatic heterocycles. The van der Waals surface area contributed by atoms with Crippen LogP contribution in [-0.4, -0.2) is 44.0 Å². The molecule has 2 N–H and O–H groups in total. The molecular weight excluding hydrogens is 514 g/mol. The first-order chi connectivity index (χ1) is 17.7. The lowest BCUT2D eigenvalue weighted by molar-refractivity contribution is -0.114. The third-order valence-corrected chi connectivity index (χ3v) is 6.62. The lowest BCUT2D eigenvalue weighted by Gasteiger charge is -2.29. The first-order valence-corrected chi connectivity index (χ1v) is 12.9. The normalized spacial score (nSPS) is 13.6. The van der Waals surface area contributed by atoms with E-state index in [-0.39, 0.29) is 17.7 Å². The molecule has 38 heavy (non-hydrogen) atoms. The number of aromatic nitrogens is 3. The molecule has 0 unspecified atom stereocenters. The lowest BCUT2D eigenvalue weighted by Crippen LogP contribution is -2.39. The SMILES string of the molecule is CC(=O)Nc1cc(Nc2cc(C)nc(C(C)(F)F)c2)c(-c2nc3c(s2)CN(C(=O)OC(C)(C)C)CC3)cn1. The Morgan fingerprint density at radius 2 is 1.87 bits per heavy atom. The molecule has 0 saturated carbocycles. The van der Waals surface area contributed by atoms with Crippen LogP contribution in [0.15, 0.2) is 24.4 Å². The molecule has 12 heteroatoms. The van der Waals surface area contributed by atoms with Gasteiger partial charge < -0.3 is 20.3 Å². The molecule has 4 rings (SSSR count). The number of ether oxygens (including phenoxy) is 1. The average Bonchev–Trinajstić information content (AvgIpc) is 3.20. The van der Waals surface area contributed by atoms with E-state index in [0.717, 1.165) is 17.5 Å². The lowest BCUT2D eigenvalue weighted by atomic mass is 10.1. The summed E-state index contributed by atoms with van der Waals surface area (Å²) in [6.45, 7) is 10.1. The Hall–Kier alpha value is -3.67. The van der Waals surface area contributed by atoms with Crippen LogP contribution in [0.2, 0.25) is 0 Å². The van der Waals surface area contributed by atoms with Crippen molar-refractivity contribution in [2.75, 3.05) is 17.2 Å². The fourth-order valence-corrected chi connectivity index (χ4v) is 5.04. The highest BCUT2D eigenvalue weighted by Crippen LogP contribution is 2.38. The number of alkyl halides is 2. The number of aryl methyl sites for hydroxylation is 1. The van der Waals surface area contributed by atoms with Crippen molar-refractivity contribution >= 4 is 40.5 Å². The van der Waals surface area contributed by atoms with Crippen molar-refractivity contribution in [2.45, 2.75) is 66.0 Å². The van der Waals surface area contributed by atoms with Gasteiger partial charge in [0.25, 0.3) is 5.92 Å². The molecule has 202 valence electrons. The molecule has 3 aromatic rings. The second-order valence-corrected chi connectivity index (χ2v) is 11.3. The van der Waals surface area contributed by atoms with Gasteiger partial charge in [-0.25, -0.2) is 14.8 Å². The molecule has 2 amide bonds. The summed E-state index contributed by atoms with van der Waals surface area (Å²) in [7, 11) is 0. The first-order valence-electron chi connectivity index (χ1n) is 12.1. The monoisotopic (exact) mass is 544 g/mol. The molecule has 0 fully saturated rings. The van der Waals surface area contributed by atoms with Crippen LogP contribution in [0.3, 0.4) is 0 Å². The Morgan fingerprint density at radius 1 is 1.13 bits per heavy atom. The number of hydrogen-bond acceptors (Lipinski definition) is 8. The largest absolute Gasteiger partial charge is 0.444 e. The van der Waals surface area contributed by atoms with Crippen molar-refractivity contribution in [3.63, 3.8) is 0 Å². The Morgan fingerprint density at radius 3 is 2.53 bits per heavy atom. The second kappa shape index (κ2) is 10.2. The van der Waals surface area contributed by atoms with Gasteiger partial charge in [0.1, 0.15) is 22.1 Å². The number of amides is 2. The third-order valence-electron chi connectivity index (χ3n) is 5.50. The van der Waals surface area contributed by atoms with Gasteiger partial charge in [0.05, 0.1) is 23.5 Å². The number of rotatable bonds is 5. The van der Waals surface area contributed by atoms with Gasteiger partial charge in [-0.05, 0) is 39.8 Å². The van der Waals surface area contributed by atoms with Crippen LogP contribution in [0.5, 0.6) is 0 Å². The van der Waals surface area contributed by atoms with Gasteiger partial charge in [-0.15, -0.1) is 11.3 Å². The van der Waals surface area contributed by atoms with Crippen LogP contribution < -0.4 is 10.6 Å². The van der Waals surface area contributed by atoms with E-state index in [0.29, 0.717) is 53.0 Å². The molecule has 4 heterocycles. The summed E-state index contributed by atoms with van der Waals surface area (Å²) >= 11 is 1.42. The summed E-state index contributed by atoms with van der Waals surface area (Å²) in [5.74, 6) is -3.11. The summed E-state index contributed by atoms with van der Waals surface area (Å²) < 4.78 is 33.6. The fourth-order valence-electron chi connectivity index (χ4n) is 3.89. The average molecular weight is 545 g/mol. The van der Waals surface area contributed by atoms with Gasteiger partial charge in [0.2, 0.25) is 5.91 Å². The molecule has 0 bridgehead atoms. The van der Waals surface area contributed by atoms with Crippen LogP contribution in [-0.2, 0) is 28.4 Å². The number of nitrogens with zero attached hydrogens (tertiary/aromatic N) is 4. The van der Waals surface area contributed by atoms with E-state index in [2.05, 4.69) is 20.6 Å². The number of nitrogens with one attached hydrogen (secondary N) is 2. The molecule has 0 aromatic carbocycles. The maximum Gasteiger partial charge on any atom is 0.410 e. The van der Waals surface area contributed by atoms with E-state index >= 15 is 0 Å². The Labute approximate surface area is 223 Å². The molecular formula is C26H30F2N6O3S. The summed E-state index contributed by atoms with van der Waals surface area (Å²) in [5.41, 5.74) is 1.92. The van der Waals surface area contributed by atoms with Gasteiger partial charge >= 0.3 is 6.09 Å². The Balaban J connectivity index is 1.68. The number of carbonyl (C=O) groups is 2. The van der Waals surface area contributed by atoms with Gasteiger partial charge in [-0.1, -0.05) is 0 Å². The standard InChI is InChI=1S/C26H30F2N6O3S/c1-14-9-16(10-21(30-14)26(6,27)28)32-19-11-22(31-15(2)35)29-12-17(19)23-33-18-7-8-34(13-20(18)38-23)24(36)37-25(3,4)5/h9-12H,7-8,13H2,1-6H3,(H2,29,30,31,32,35). The number of hydrogen-bond donors (Lipinski definition) is 2. The minimum atomic E-state index is -3.11. The molecule has 9 nitrogen and oxygen atoms in total. The highest BCUT2D eigenvalue weighted by Gasteiger charge is 2.29. The van der Waals surface area contributed by atoms with Gasteiger partial charge in [0.15, 0.2) is 0 Å². The third kappa shape index (κ3) is 6.60. The van der Waals surface area contributed by atoms with Crippen LogP contribution in [0.1, 0.15) is 56.6 Å². The first kappa shape index (κ1) is 27.4. The molecule has 0 radical (unpaired) electrons. The highest BCUT2D eigenvalue weighted by molar-refractivity contribution is 7.15. The predicted octanol–water partition coefficient (Wildman–Crippen LogP) is 6.02. The van der Waals surface area contributed by atoms with Gasteiger partial charge in [-0.2, -0.15) is 8.78 Å². The summed E-state index contributed by atoms with van der Waals surface area (Å²) in [5, 5.41) is 6.48. The van der Waals surface area contributed by atoms with Gasteiger partial charge in [0, 0.05) is 55.3 Å². The minimum absolute atomic E-state index is 0.296. The minimum Gasteiger partial charge on any atom is -0.444 e. The fraction of sp³-hybridized carbons (Fsp3) is 0.423. The van der Waals surface area contributed by atoms with E-state index in [4.69, 9.17) is 9.72 Å². The maximum absolute atomic E-state index is 14.0. The zero-order valence-electron chi connectivity index (χ0n) is 22.1. The quantitative estimate of drug-likeness (QED) is 0.405. The van der Waals surface area contributed by atoms with Crippen molar-refractivity contribution in [1.82, 2.24) is 19.9 Å².